The zero-order chi connectivity index (χ0) is 30.5. The molecule has 0 spiro atoms. The Kier molecular flexibility index (Phi) is 9.44. The highest BCUT2D eigenvalue weighted by atomic mass is 35.5. The molecule has 4 amide bonds. The molecule has 5 rings (SSSR count). The van der Waals surface area contributed by atoms with Gasteiger partial charge in [-0.3, -0.25) is 14.4 Å². The van der Waals surface area contributed by atoms with Gasteiger partial charge in [-0.1, -0.05) is 35.0 Å². The van der Waals surface area contributed by atoms with Crippen LogP contribution in [0.3, 0.4) is 0 Å². The number of carbonyl (C=O) groups is 4. The summed E-state index contributed by atoms with van der Waals surface area (Å²) in [5.74, 6) is -0.988. The zero-order valence-electron chi connectivity index (χ0n) is 24.0. The van der Waals surface area contributed by atoms with Crippen molar-refractivity contribution in [1.29, 1.82) is 0 Å². The van der Waals surface area contributed by atoms with Crippen LogP contribution in [0.5, 0.6) is 0 Å². The molecule has 0 bridgehead atoms. The summed E-state index contributed by atoms with van der Waals surface area (Å²) in [6, 6.07) is 11.1. The molecule has 3 N–H and O–H groups in total. The van der Waals surface area contributed by atoms with Gasteiger partial charge in [0.25, 0.3) is 0 Å². The minimum absolute atomic E-state index is 0.0163. The normalized spacial score (nSPS) is 19.0. The van der Waals surface area contributed by atoms with Crippen LogP contribution in [0, 0.1) is 5.92 Å². The number of likely N-dealkylation sites (tertiary alicyclic amines) is 2. The maximum absolute atomic E-state index is 13.9. The van der Waals surface area contributed by atoms with Crippen molar-refractivity contribution in [2.24, 2.45) is 13.0 Å². The Balaban J connectivity index is 1.31. The fourth-order valence-corrected chi connectivity index (χ4v) is 6.28. The first-order chi connectivity index (χ1) is 20.7. The number of aromatic nitrogens is 3. The third kappa shape index (κ3) is 7.42. The van der Waals surface area contributed by atoms with Gasteiger partial charge in [-0.15, -0.1) is 5.10 Å². The number of benzene rings is 2. The number of aryl methyl sites for hydroxylation is 1. The molecule has 0 saturated carbocycles. The van der Waals surface area contributed by atoms with E-state index in [1.54, 1.807) is 22.7 Å². The Bertz CT molecular complexity index is 1510. The van der Waals surface area contributed by atoms with Crippen molar-refractivity contribution >= 4 is 46.4 Å². The van der Waals surface area contributed by atoms with Crippen LogP contribution in [0.15, 0.2) is 42.5 Å². The highest BCUT2D eigenvalue weighted by Crippen LogP contribution is 2.29. The van der Waals surface area contributed by atoms with E-state index in [1.165, 1.54) is 4.90 Å². The number of hydrogen-bond donors (Lipinski definition) is 3. The van der Waals surface area contributed by atoms with Crippen LogP contribution in [0.25, 0.3) is 11.0 Å². The number of halogens is 1. The van der Waals surface area contributed by atoms with Crippen LogP contribution in [-0.4, -0.2) is 85.4 Å². The summed E-state index contributed by atoms with van der Waals surface area (Å²) < 4.78 is 1.67. The molecule has 0 aliphatic carbocycles. The fraction of sp³-hybridized carbons (Fsp3) is 0.467. The number of carbonyl (C=O) groups excluding carboxylic acids is 3. The number of nitrogens with one attached hydrogen (secondary N) is 2. The van der Waals surface area contributed by atoms with Crippen LogP contribution < -0.4 is 10.6 Å². The second-order valence-electron chi connectivity index (χ2n) is 11.3. The van der Waals surface area contributed by atoms with Gasteiger partial charge >= 0.3 is 6.09 Å². The van der Waals surface area contributed by atoms with E-state index < -0.39 is 24.1 Å². The lowest BCUT2D eigenvalue weighted by Crippen LogP contribution is -2.53. The SMILES string of the molecule is Cn1nnc2cc(CNC(=O)[C@@H]3C[C@H](Cc4cccc(Cl)c4)CN3C(=O)C(CCC(=O)N3CCCC3)NC(=O)O)ccc21. The molecule has 13 heteroatoms. The lowest BCUT2D eigenvalue weighted by Gasteiger charge is -2.28. The Hall–Kier alpha value is -4.19. The molecule has 2 aliphatic rings. The highest BCUT2D eigenvalue weighted by molar-refractivity contribution is 6.30. The predicted molar refractivity (Wildman–Crippen MR) is 159 cm³/mol. The summed E-state index contributed by atoms with van der Waals surface area (Å²) in [4.78, 5) is 55.0. The van der Waals surface area contributed by atoms with E-state index >= 15 is 0 Å². The second-order valence-corrected chi connectivity index (χ2v) is 11.8. The minimum atomic E-state index is -1.36. The van der Waals surface area contributed by atoms with Crippen molar-refractivity contribution in [3.63, 3.8) is 0 Å². The van der Waals surface area contributed by atoms with Crippen molar-refractivity contribution < 1.29 is 24.3 Å². The van der Waals surface area contributed by atoms with E-state index in [2.05, 4.69) is 20.9 Å². The molecule has 2 aromatic carbocycles. The lowest BCUT2D eigenvalue weighted by molar-refractivity contribution is -0.140. The van der Waals surface area contributed by atoms with Gasteiger partial charge in [0.1, 0.15) is 17.6 Å². The molecule has 2 aliphatic heterocycles. The van der Waals surface area contributed by atoms with E-state index in [0.717, 1.165) is 29.5 Å². The maximum atomic E-state index is 13.9. The second kappa shape index (κ2) is 13.4. The Morgan fingerprint density at radius 3 is 2.63 bits per heavy atom. The number of amides is 4. The smallest absolute Gasteiger partial charge is 0.405 e. The van der Waals surface area contributed by atoms with Crippen molar-refractivity contribution in [2.45, 2.75) is 57.2 Å². The molecule has 3 heterocycles. The van der Waals surface area contributed by atoms with Crippen molar-refractivity contribution in [3.8, 4) is 0 Å². The monoisotopic (exact) mass is 609 g/mol. The van der Waals surface area contributed by atoms with E-state index in [9.17, 15) is 24.3 Å². The molecule has 0 radical (unpaired) electrons. The third-order valence-electron chi connectivity index (χ3n) is 8.23. The largest absolute Gasteiger partial charge is 0.465 e. The molecule has 43 heavy (non-hydrogen) atoms. The van der Waals surface area contributed by atoms with Gasteiger partial charge < -0.3 is 25.5 Å². The lowest BCUT2D eigenvalue weighted by atomic mass is 9.96. The van der Waals surface area contributed by atoms with Crippen LogP contribution in [-0.2, 0) is 34.4 Å². The number of nitrogens with zero attached hydrogens (tertiary/aromatic N) is 5. The average Bonchev–Trinajstić information content (AvgIpc) is 3.74. The molecule has 2 saturated heterocycles. The Morgan fingerprint density at radius 1 is 1.09 bits per heavy atom. The summed E-state index contributed by atoms with van der Waals surface area (Å²) in [5.41, 5.74) is 3.39. The van der Waals surface area contributed by atoms with Gasteiger partial charge in [-0.05, 0) is 73.4 Å². The van der Waals surface area contributed by atoms with Crippen molar-refractivity contribution in [3.05, 3.63) is 58.6 Å². The van der Waals surface area contributed by atoms with Crippen molar-refractivity contribution in [1.82, 2.24) is 35.4 Å². The van der Waals surface area contributed by atoms with Gasteiger partial charge in [0, 0.05) is 44.7 Å². The molecule has 228 valence electrons. The molecule has 3 atom stereocenters. The first kappa shape index (κ1) is 30.3. The summed E-state index contributed by atoms with van der Waals surface area (Å²) in [7, 11) is 1.80. The van der Waals surface area contributed by atoms with Crippen LogP contribution >= 0.6 is 11.6 Å². The first-order valence-corrected chi connectivity index (χ1v) is 14.9. The molecular weight excluding hydrogens is 574 g/mol. The predicted octanol–water partition coefficient (Wildman–Crippen LogP) is 2.74. The minimum Gasteiger partial charge on any atom is -0.465 e. The van der Waals surface area contributed by atoms with E-state index in [4.69, 9.17) is 11.6 Å². The highest BCUT2D eigenvalue weighted by Gasteiger charge is 2.42. The Morgan fingerprint density at radius 2 is 1.88 bits per heavy atom. The number of rotatable bonds is 10. The topological polar surface area (TPSA) is 150 Å². The standard InChI is InChI=1S/C30H36ClN7O5/c1-36-25-9-7-20(15-24(25)34-35-36)17-32-28(40)26-16-21(13-19-5-4-6-22(31)14-19)18-38(26)29(41)23(33-30(42)43)8-10-27(39)37-11-2-3-12-37/h4-7,9,14-15,21,23,26,33H,2-3,8,10-13,16-18H2,1H3,(H,32,40)(H,42,43)/t21-,23?,26-/m0/s1. The summed E-state index contributed by atoms with van der Waals surface area (Å²) >= 11 is 6.19. The third-order valence-corrected chi connectivity index (χ3v) is 8.47. The molecule has 2 fully saturated rings. The quantitative estimate of drug-likeness (QED) is 0.320. The molecule has 3 aromatic rings. The zero-order valence-corrected chi connectivity index (χ0v) is 24.8. The molecule has 12 nitrogen and oxygen atoms in total. The van der Waals surface area contributed by atoms with Gasteiger partial charge in [-0.2, -0.15) is 0 Å². The number of fused-ring (bicyclic) bond motifs is 1. The summed E-state index contributed by atoms with van der Waals surface area (Å²) in [6.45, 7) is 1.84. The molecule has 1 aromatic heterocycles. The van der Waals surface area contributed by atoms with Gasteiger partial charge in [0.15, 0.2) is 0 Å². The fourth-order valence-electron chi connectivity index (χ4n) is 6.06. The number of hydrogen-bond acceptors (Lipinski definition) is 6. The van der Waals surface area contributed by atoms with E-state index in [1.807, 2.05) is 36.4 Å². The summed E-state index contributed by atoms with van der Waals surface area (Å²) in [5, 5.41) is 23.5. The van der Waals surface area contributed by atoms with Crippen molar-refractivity contribution in [2.75, 3.05) is 19.6 Å². The average molecular weight is 610 g/mol. The van der Waals surface area contributed by atoms with Gasteiger partial charge in [0.2, 0.25) is 17.7 Å². The van der Waals surface area contributed by atoms with Crippen LogP contribution in [0.4, 0.5) is 4.79 Å². The van der Waals surface area contributed by atoms with Crippen LogP contribution in [0.1, 0.15) is 43.2 Å². The van der Waals surface area contributed by atoms with E-state index in [-0.39, 0.29) is 43.7 Å². The molecule has 1 unspecified atom stereocenters. The van der Waals surface area contributed by atoms with Gasteiger partial charge in [0.05, 0.1) is 5.52 Å². The number of carboxylic acid groups (broad SMARTS) is 1. The maximum Gasteiger partial charge on any atom is 0.405 e. The molecular formula is C30H36ClN7O5. The van der Waals surface area contributed by atoms with Crippen LogP contribution in [0.2, 0.25) is 5.02 Å². The Labute approximate surface area is 254 Å². The van der Waals surface area contributed by atoms with E-state index in [0.29, 0.717) is 36.5 Å². The summed E-state index contributed by atoms with van der Waals surface area (Å²) in [6.07, 6.45) is 1.57. The first-order valence-electron chi connectivity index (χ1n) is 14.6. The van der Waals surface area contributed by atoms with Gasteiger partial charge in [-0.25, -0.2) is 9.48 Å².